The summed E-state index contributed by atoms with van der Waals surface area (Å²) in [5, 5.41) is 13.3. The van der Waals surface area contributed by atoms with Crippen LogP contribution < -0.4 is 5.32 Å². The Bertz CT molecular complexity index is 1000. The maximum Gasteiger partial charge on any atom is 0.0990 e. The molecule has 0 bridgehead atoms. The van der Waals surface area contributed by atoms with E-state index in [-0.39, 0.29) is 6.61 Å². The molecule has 0 saturated carbocycles. The molecule has 5 nitrogen and oxygen atoms in total. The number of rotatable bonds is 4. The van der Waals surface area contributed by atoms with Gasteiger partial charge in [-0.2, -0.15) is 0 Å². The maximum absolute atomic E-state index is 8.97. The minimum atomic E-state index is 0.163. The van der Waals surface area contributed by atoms with Gasteiger partial charge in [-0.1, -0.05) is 12.1 Å². The molecule has 114 valence electrons. The smallest absolute Gasteiger partial charge is 0.0990 e. The predicted octanol–water partition coefficient (Wildman–Crippen LogP) is 3.13. The molecule has 0 fully saturated rings. The van der Waals surface area contributed by atoms with E-state index in [9.17, 15) is 0 Å². The zero-order valence-corrected chi connectivity index (χ0v) is 12.5. The van der Waals surface area contributed by atoms with Gasteiger partial charge in [-0.05, 0) is 36.8 Å². The maximum atomic E-state index is 8.97. The molecule has 2 aromatic carbocycles. The van der Waals surface area contributed by atoms with E-state index >= 15 is 0 Å². The fourth-order valence-electron chi connectivity index (χ4n) is 2.77. The first-order chi connectivity index (χ1) is 11.4. The van der Waals surface area contributed by atoms with E-state index in [1.807, 2.05) is 42.5 Å². The van der Waals surface area contributed by atoms with Crippen LogP contribution in [-0.2, 0) is 0 Å². The van der Waals surface area contributed by atoms with Crippen LogP contribution in [0.4, 0.5) is 5.69 Å². The van der Waals surface area contributed by atoms with E-state index in [1.54, 1.807) is 6.20 Å². The molecule has 4 aromatic rings. The minimum Gasteiger partial charge on any atom is -0.396 e. The standard InChI is InChI=1S/C18H16N4O/c23-10-4-9-19-15-11-16-18(12-5-3-8-20-17(12)15)22-14-7-2-1-6-13(14)21-16/h1-3,5-8,11,19,23H,4,9-10H2. The molecule has 0 aliphatic carbocycles. The van der Waals surface area contributed by atoms with E-state index in [4.69, 9.17) is 15.1 Å². The Morgan fingerprint density at radius 3 is 2.57 bits per heavy atom. The van der Waals surface area contributed by atoms with Crippen molar-refractivity contribution < 1.29 is 5.11 Å². The second-order valence-corrected chi connectivity index (χ2v) is 5.41. The van der Waals surface area contributed by atoms with Gasteiger partial charge in [0, 0.05) is 24.7 Å². The highest BCUT2D eigenvalue weighted by Gasteiger charge is 2.10. The van der Waals surface area contributed by atoms with Gasteiger partial charge in [-0.25, -0.2) is 9.97 Å². The number of fused-ring (bicyclic) bond motifs is 4. The normalized spacial score (nSPS) is 11.3. The zero-order valence-electron chi connectivity index (χ0n) is 12.5. The van der Waals surface area contributed by atoms with E-state index in [2.05, 4.69) is 10.3 Å². The van der Waals surface area contributed by atoms with Crippen molar-refractivity contribution in [3.63, 3.8) is 0 Å². The summed E-state index contributed by atoms with van der Waals surface area (Å²) in [5.41, 5.74) is 5.26. The molecule has 5 heteroatoms. The highest BCUT2D eigenvalue weighted by atomic mass is 16.3. The lowest BCUT2D eigenvalue weighted by atomic mass is 10.1. The first-order valence-corrected chi connectivity index (χ1v) is 7.66. The number of aliphatic hydroxyl groups excluding tert-OH is 1. The van der Waals surface area contributed by atoms with Crippen molar-refractivity contribution in [2.24, 2.45) is 0 Å². The second-order valence-electron chi connectivity index (χ2n) is 5.41. The number of hydrogen-bond acceptors (Lipinski definition) is 5. The number of benzene rings is 2. The van der Waals surface area contributed by atoms with Gasteiger partial charge in [0.25, 0.3) is 0 Å². The summed E-state index contributed by atoms with van der Waals surface area (Å²) in [6.07, 6.45) is 2.47. The quantitative estimate of drug-likeness (QED) is 0.344. The first-order valence-electron chi connectivity index (χ1n) is 7.66. The molecular formula is C18H16N4O. The highest BCUT2D eigenvalue weighted by Crippen LogP contribution is 2.29. The minimum absolute atomic E-state index is 0.163. The van der Waals surface area contributed by atoms with Crippen molar-refractivity contribution in [2.45, 2.75) is 6.42 Å². The van der Waals surface area contributed by atoms with Gasteiger partial charge in [0.15, 0.2) is 0 Å². The number of pyridine rings is 1. The van der Waals surface area contributed by atoms with Crippen molar-refractivity contribution >= 4 is 38.7 Å². The lowest BCUT2D eigenvalue weighted by Crippen LogP contribution is -2.05. The molecule has 0 unspecified atom stereocenters. The third-order valence-electron chi connectivity index (χ3n) is 3.85. The third kappa shape index (κ3) is 2.45. The van der Waals surface area contributed by atoms with Crippen molar-refractivity contribution in [2.75, 3.05) is 18.5 Å². The fraction of sp³-hybridized carbons (Fsp3) is 0.167. The Labute approximate surface area is 133 Å². The summed E-state index contributed by atoms with van der Waals surface area (Å²) in [5.74, 6) is 0. The SMILES string of the molecule is OCCCNc1cc2nc3ccccc3nc2c2cccnc12. The lowest BCUT2D eigenvalue weighted by molar-refractivity contribution is 0.292. The van der Waals surface area contributed by atoms with E-state index in [0.29, 0.717) is 13.0 Å². The molecule has 0 aliphatic rings. The average molecular weight is 304 g/mol. The second kappa shape index (κ2) is 5.78. The number of aromatic nitrogens is 3. The van der Waals surface area contributed by atoms with Crippen LogP contribution in [0.1, 0.15) is 6.42 Å². The first kappa shape index (κ1) is 13.8. The lowest BCUT2D eigenvalue weighted by Gasteiger charge is -2.11. The van der Waals surface area contributed by atoms with Crippen LogP contribution in [0.25, 0.3) is 33.0 Å². The van der Waals surface area contributed by atoms with Crippen LogP contribution >= 0.6 is 0 Å². The number of para-hydroxylation sites is 2. The van der Waals surface area contributed by atoms with Crippen LogP contribution in [0.5, 0.6) is 0 Å². The zero-order chi connectivity index (χ0) is 15.6. The summed E-state index contributed by atoms with van der Waals surface area (Å²) >= 11 is 0. The predicted molar refractivity (Wildman–Crippen MR) is 92.5 cm³/mol. The molecule has 2 heterocycles. The van der Waals surface area contributed by atoms with E-state index in [0.717, 1.165) is 38.7 Å². The molecule has 0 aliphatic heterocycles. The third-order valence-corrected chi connectivity index (χ3v) is 3.85. The molecule has 0 atom stereocenters. The molecular weight excluding hydrogens is 288 g/mol. The fourth-order valence-corrected chi connectivity index (χ4v) is 2.77. The number of aliphatic hydroxyl groups is 1. The molecule has 0 amide bonds. The van der Waals surface area contributed by atoms with Crippen LogP contribution in [0.3, 0.4) is 0 Å². The van der Waals surface area contributed by atoms with E-state index in [1.165, 1.54) is 0 Å². The average Bonchev–Trinajstić information content (AvgIpc) is 2.60. The topological polar surface area (TPSA) is 70.9 Å². The monoisotopic (exact) mass is 304 g/mol. The Kier molecular flexibility index (Phi) is 3.48. The Morgan fingerprint density at radius 1 is 0.913 bits per heavy atom. The van der Waals surface area contributed by atoms with Gasteiger partial charge in [0.2, 0.25) is 0 Å². The van der Waals surface area contributed by atoms with Crippen LogP contribution in [0.15, 0.2) is 48.7 Å². The van der Waals surface area contributed by atoms with Crippen molar-refractivity contribution in [1.29, 1.82) is 0 Å². The molecule has 23 heavy (non-hydrogen) atoms. The molecule has 0 radical (unpaired) electrons. The molecule has 0 saturated heterocycles. The number of hydrogen-bond donors (Lipinski definition) is 2. The van der Waals surface area contributed by atoms with Crippen LogP contribution in [-0.4, -0.2) is 33.2 Å². The number of nitrogens with zero attached hydrogens (tertiary/aromatic N) is 3. The van der Waals surface area contributed by atoms with E-state index < -0.39 is 0 Å². The highest BCUT2D eigenvalue weighted by molar-refractivity contribution is 6.09. The molecule has 4 rings (SSSR count). The largest absolute Gasteiger partial charge is 0.396 e. The van der Waals surface area contributed by atoms with Crippen molar-refractivity contribution in [1.82, 2.24) is 15.0 Å². The number of nitrogens with one attached hydrogen (secondary N) is 1. The molecule has 2 aromatic heterocycles. The Morgan fingerprint density at radius 2 is 1.74 bits per heavy atom. The van der Waals surface area contributed by atoms with Gasteiger partial charge < -0.3 is 10.4 Å². The van der Waals surface area contributed by atoms with Crippen molar-refractivity contribution in [3.05, 3.63) is 48.7 Å². The van der Waals surface area contributed by atoms with Gasteiger partial charge in [-0.3, -0.25) is 4.98 Å². The van der Waals surface area contributed by atoms with Gasteiger partial charge >= 0.3 is 0 Å². The summed E-state index contributed by atoms with van der Waals surface area (Å²) in [4.78, 5) is 14.0. The summed E-state index contributed by atoms with van der Waals surface area (Å²) in [7, 11) is 0. The number of anilines is 1. The van der Waals surface area contributed by atoms with Gasteiger partial charge in [-0.15, -0.1) is 0 Å². The Hall–Kier alpha value is -2.79. The Balaban J connectivity index is 1.99. The van der Waals surface area contributed by atoms with Crippen LogP contribution in [0, 0.1) is 0 Å². The van der Waals surface area contributed by atoms with Gasteiger partial charge in [0.1, 0.15) is 0 Å². The van der Waals surface area contributed by atoms with Gasteiger partial charge in [0.05, 0.1) is 33.3 Å². The molecule has 0 spiro atoms. The van der Waals surface area contributed by atoms with Crippen LogP contribution in [0.2, 0.25) is 0 Å². The molecule has 2 N–H and O–H groups in total. The summed E-state index contributed by atoms with van der Waals surface area (Å²) in [6, 6.07) is 13.8. The summed E-state index contributed by atoms with van der Waals surface area (Å²) in [6.45, 7) is 0.852. The van der Waals surface area contributed by atoms with Crippen molar-refractivity contribution in [3.8, 4) is 0 Å². The summed E-state index contributed by atoms with van der Waals surface area (Å²) < 4.78 is 0.